The number of carboxylic acid groups (broad SMARTS) is 1. The average Bonchev–Trinajstić information content (AvgIpc) is 2.22. The highest BCUT2D eigenvalue weighted by molar-refractivity contribution is 7.91. The first kappa shape index (κ1) is 16.9. The van der Waals surface area contributed by atoms with Crippen molar-refractivity contribution in [3.8, 4) is 0 Å². The summed E-state index contributed by atoms with van der Waals surface area (Å²) in [5.41, 5.74) is 0. The van der Waals surface area contributed by atoms with Gasteiger partial charge in [-0.1, -0.05) is 26.2 Å². The zero-order valence-corrected chi connectivity index (χ0v) is 11.6. The van der Waals surface area contributed by atoms with E-state index in [-0.39, 0.29) is 5.75 Å². The van der Waals surface area contributed by atoms with Gasteiger partial charge in [0.15, 0.2) is 9.84 Å². The van der Waals surface area contributed by atoms with Crippen LogP contribution >= 0.6 is 0 Å². The Morgan fingerprint density at radius 1 is 1.22 bits per heavy atom. The molecular weight excluding hydrogens is 258 g/mol. The van der Waals surface area contributed by atoms with Crippen LogP contribution in [0, 0.1) is 0 Å². The Bertz CT molecular complexity index is 377. The van der Waals surface area contributed by atoms with Crippen molar-refractivity contribution in [1.29, 1.82) is 0 Å². The molecule has 0 aliphatic heterocycles. The van der Waals surface area contributed by atoms with Crippen LogP contribution < -0.4 is 5.32 Å². The van der Waals surface area contributed by atoms with Crippen LogP contribution in [0.3, 0.4) is 0 Å². The van der Waals surface area contributed by atoms with Gasteiger partial charge in [0.05, 0.1) is 11.5 Å². The number of carboxylic acids is 1. The third-order valence-electron chi connectivity index (χ3n) is 2.41. The van der Waals surface area contributed by atoms with Crippen LogP contribution in [0.25, 0.3) is 0 Å². The monoisotopic (exact) mass is 279 g/mol. The van der Waals surface area contributed by atoms with E-state index in [1.165, 1.54) is 0 Å². The number of aliphatic carboxylic acids is 1. The lowest BCUT2D eigenvalue weighted by Gasteiger charge is -2.13. The van der Waals surface area contributed by atoms with Gasteiger partial charge >= 0.3 is 5.97 Å². The molecular formula is C11H21NO5S. The zero-order chi connectivity index (χ0) is 14.2. The molecule has 1 amide bonds. The van der Waals surface area contributed by atoms with E-state index in [9.17, 15) is 18.0 Å². The first-order chi connectivity index (χ1) is 8.28. The van der Waals surface area contributed by atoms with Crippen LogP contribution in [-0.4, -0.2) is 42.9 Å². The van der Waals surface area contributed by atoms with Gasteiger partial charge in [0.25, 0.3) is 0 Å². The molecule has 0 saturated heterocycles. The second-order valence-electron chi connectivity index (χ2n) is 4.27. The van der Waals surface area contributed by atoms with E-state index >= 15 is 0 Å². The van der Waals surface area contributed by atoms with Crippen LogP contribution in [0.1, 0.15) is 39.5 Å². The lowest BCUT2D eigenvalue weighted by atomic mass is 10.2. The van der Waals surface area contributed by atoms with Crippen LogP contribution in [-0.2, 0) is 19.4 Å². The van der Waals surface area contributed by atoms with Crippen molar-refractivity contribution in [3.63, 3.8) is 0 Å². The van der Waals surface area contributed by atoms with E-state index in [0.29, 0.717) is 6.42 Å². The summed E-state index contributed by atoms with van der Waals surface area (Å²) in [7, 11) is -3.45. The molecule has 0 unspecified atom stereocenters. The van der Waals surface area contributed by atoms with Crippen molar-refractivity contribution in [2.45, 2.75) is 45.6 Å². The van der Waals surface area contributed by atoms with Gasteiger partial charge < -0.3 is 10.4 Å². The number of hydrogen-bond donors (Lipinski definition) is 2. The SMILES string of the molecule is CCCCCCS(=O)(=O)C[C@H](NC(C)=O)C(=O)O. The molecule has 0 rings (SSSR count). The highest BCUT2D eigenvalue weighted by Gasteiger charge is 2.25. The standard InChI is InChI=1S/C11H21NO5S/c1-3-4-5-6-7-18(16,17)8-10(11(14)15)12-9(2)13/h10H,3-8H2,1-2H3,(H,12,13)(H,14,15)/t10-/m0/s1. The summed E-state index contributed by atoms with van der Waals surface area (Å²) < 4.78 is 23.4. The fourth-order valence-corrected chi connectivity index (χ4v) is 3.05. The third-order valence-corrected chi connectivity index (χ3v) is 4.16. The third kappa shape index (κ3) is 8.05. The van der Waals surface area contributed by atoms with E-state index in [0.717, 1.165) is 26.2 Å². The largest absolute Gasteiger partial charge is 0.480 e. The van der Waals surface area contributed by atoms with Crippen LogP contribution in [0.2, 0.25) is 0 Å². The lowest BCUT2D eigenvalue weighted by Crippen LogP contribution is -2.44. The minimum absolute atomic E-state index is 0.0314. The van der Waals surface area contributed by atoms with Crippen molar-refractivity contribution in [2.24, 2.45) is 0 Å². The Morgan fingerprint density at radius 2 is 1.83 bits per heavy atom. The summed E-state index contributed by atoms with van der Waals surface area (Å²) in [5, 5.41) is 10.9. The smallest absolute Gasteiger partial charge is 0.327 e. The summed E-state index contributed by atoms with van der Waals surface area (Å²) in [6, 6.07) is -1.36. The Kier molecular flexibility index (Phi) is 7.58. The van der Waals surface area contributed by atoms with E-state index in [2.05, 4.69) is 5.32 Å². The summed E-state index contributed by atoms with van der Waals surface area (Å²) in [6.45, 7) is 3.18. The van der Waals surface area contributed by atoms with Gasteiger partial charge in [0, 0.05) is 6.92 Å². The molecule has 1 atom stereocenters. The molecule has 0 bridgehead atoms. The zero-order valence-electron chi connectivity index (χ0n) is 10.8. The molecule has 0 aromatic heterocycles. The van der Waals surface area contributed by atoms with E-state index in [1.54, 1.807) is 0 Å². The predicted molar refractivity (Wildman–Crippen MR) is 68.0 cm³/mol. The molecule has 0 spiro atoms. The second-order valence-corrected chi connectivity index (χ2v) is 6.50. The Labute approximate surface area is 108 Å². The van der Waals surface area contributed by atoms with Crippen LogP contribution in [0.15, 0.2) is 0 Å². The highest BCUT2D eigenvalue weighted by atomic mass is 32.2. The van der Waals surface area contributed by atoms with E-state index in [4.69, 9.17) is 5.11 Å². The summed E-state index contributed by atoms with van der Waals surface area (Å²) in [4.78, 5) is 21.6. The van der Waals surface area contributed by atoms with Crippen molar-refractivity contribution in [3.05, 3.63) is 0 Å². The molecule has 7 heteroatoms. The van der Waals surface area contributed by atoms with E-state index < -0.39 is 33.5 Å². The molecule has 0 heterocycles. The number of hydrogen-bond acceptors (Lipinski definition) is 4. The van der Waals surface area contributed by atoms with Gasteiger partial charge in [-0.3, -0.25) is 4.79 Å². The maximum atomic E-state index is 11.7. The molecule has 0 aliphatic carbocycles. The van der Waals surface area contributed by atoms with Gasteiger partial charge in [0.2, 0.25) is 5.91 Å². The summed E-state index contributed by atoms with van der Waals surface area (Å²) in [5.74, 6) is -2.46. The Hall–Kier alpha value is -1.11. The number of carbonyl (C=O) groups excluding carboxylic acids is 1. The quantitative estimate of drug-likeness (QED) is 0.601. The van der Waals surface area contributed by atoms with Crippen molar-refractivity contribution < 1.29 is 23.1 Å². The molecule has 2 N–H and O–H groups in total. The number of rotatable bonds is 9. The first-order valence-electron chi connectivity index (χ1n) is 5.99. The molecule has 0 radical (unpaired) electrons. The van der Waals surface area contributed by atoms with Gasteiger partial charge in [-0.2, -0.15) is 0 Å². The lowest BCUT2D eigenvalue weighted by molar-refractivity contribution is -0.140. The molecule has 18 heavy (non-hydrogen) atoms. The molecule has 0 fully saturated rings. The Morgan fingerprint density at radius 3 is 2.28 bits per heavy atom. The summed E-state index contributed by atoms with van der Waals surface area (Å²) in [6.07, 6.45) is 3.31. The molecule has 0 saturated carbocycles. The maximum Gasteiger partial charge on any atom is 0.327 e. The van der Waals surface area contributed by atoms with Crippen molar-refractivity contribution in [2.75, 3.05) is 11.5 Å². The van der Waals surface area contributed by atoms with Gasteiger partial charge in [-0.25, -0.2) is 13.2 Å². The van der Waals surface area contributed by atoms with Crippen molar-refractivity contribution >= 4 is 21.7 Å². The van der Waals surface area contributed by atoms with Gasteiger partial charge in [-0.15, -0.1) is 0 Å². The number of carbonyl (C=O) groups is 2. The molecule has 0 aliphatic rings. The molecule has 0 aromatic carbocycles. The minimum atomic E-state index is -3.45. The number of nitrogens with one attached hydrogen (secondary N) is 1. The maximum absolute atomic E-state index is 11.7. The van der Waals surface area contributed by atoms with E-state index in [1.807, 2.05) is 6.92 Å². The number of amides is 1. The highest BCUT2D eigenvalue weighted by Crippen LogP contribution is 2.04. The molecule has 106 valence electrons. The molecule has 0 aromatic rings. The predicted octanol–water partition coefficient (Wildman–Crippen LogP) is 0.571. The van der Waals surface area contributed by atoms with Crippen LogP contribution in [0.5, 0.6) is 0 Å². The summed E-state index contributed by atoms with van der Waals surface area (Å²) >= 11 is 0. The number of sulfone groups is 1. The minimum Gasteiger partial charge on any atom is -0.480 e. The van der Waals surface area contributed by atoms with Gasteiger partial charge in [0.1, 0.15) is 6.04 Å². The normalized spacial score (nSPS) is 13.0. The topological polar surface area (TPSA) is 101 Å². The second kappa shape index (κ2) is 8.07. The fraction of sp³-hybridized carbons (Fsp3) is 0.818. The average molecular weight is 279 g/mol. The van der Waals surface area contributed by atoms with Crippen molar-refractivity contribution in [1.82, 2.24) is 5.32 Å². The van der Waals surface area contributed by atoms with Crippen LogP contribution in [0.4, 0.5) is 0 Å². The number of unbranched alkanes of at least 4 members (excludes halogenated alkanes) is 3. The fourth-order valence-electron chi connectivity index (χ4n) is 1.51. The Balaban J connectivity index is 4.33. The molecule has 6 nitrogen and oxygen atoms in total. The first-order valence-corrected chi connectivity index (χ1v) is 7.81. The van der Waals surface area contributed by atoms with Gasteiger partial charge in [-0.05, 0) is 6.42 Å².